The summed E-state index contributed by atoms with van der Waals surface area (Å²) in [6, 6.07) is 17.7. The highest BCUT2D eigenvalue weighted by atomic mass is 79.9. The Balaban J connectivity index is 2.23. The molecule has 0 aliphatic heterocycles. The SMILES string of the molecule is Cc1ccc(N(Cc2cccc(Br)c2)C(C)C)cc1. The number of rotatable bonds is 4. The summed E-state index contributed by atoms with van der Waals surface area (Å²) in [4.78, 5) is 2.42. The Morgan fingerprint density at radius 1 is 1.05 bits per heavy atom. The zero-order valence-electron chi connectivity index (χ0n) is 11.7. The maximum atomic E-state index is 3.54. The minimum atomic E-state index is 0.474. The molecule has 0 saturated heterocycles. The average Bonchev–Trinajstić information content (AvgIpc) is 2.37. The fourth-order valence-corrected chi connectivity index (χ4v) is 2.59. The molecular formula is C17H20BrN. The van der Waals surface area contributed by atoms with Gasteiger partial charge in [-0.15, -0.1) is 0 Å². The molecule has 0 saturated carbocycles. The van der Waals surface area contributed by atoms with Crippen molar-refractivity contribution in [1.82, 2.24) is 0 Å². The third-order valence-corrected chi connectivity index (χ3v) is 3.72. The Morgan fingerprint density at radius 2 is 1.74 bits per heavy atom. The van der Waals surface area contributed by atoms with Crippen molar-refractivity contribution in [3.05, 3.63) is 64.1 Å². The molecule has 0 aliphatic rings. The Bertz CT molecular complexity index is 531. The smallest absolute Gasteiger partial charge is 0.0432 e. The number of hydrogen-bond acceptors (Lipinski definition) is 1. The van der Waals surface area contributed by atoms with Gasteiger partial charge in [0.25, 0.3) is 0 Å². The molecule has 0 aliphatic carbocycles. The first-order chi connectivity index (χ1) is 9.06. The molecular weight excluding hydrogens is 298 g/mol. The molecule has 2 heteroatoms. The lowest BCUT2D eigenvalue weighted by molar-refractivity contribution is 0.682. The maximum absolute atomic E-state index is 3.54. The fraction of sp³-hybridized carbons (Fsp3) is 0.294. The molecule has 1 nitrogen and oxygen atoms in total. The van der Waals surface area contributed by atoms with E-state index in [1.54, 1.807) is 0 Å². The highest BCUT2D eigenvalue weighted by Gasteiger charge is 2.11. The second-order valence-electron chi connectivity index (χ2n) is 5.19. The maximum Gasteiger partial charge on any atom is 0.0432 e. The minimum absolute atomic E-state index is 0.474. The van der Waals surface area contributed by atoms with Crippen LogP contribution in [-0.2, 0) is 6.54 Å². The van der Waals surface area contributed by atoms with E-state index in [9.17, 15) is 0 Å². The van der Waals surface area contributed by atoms with Gasteiger partial charge in [0.2, 0.25) is 0 Å². The van der Waals surface area contributed by atoms with E-state index in [1.807, 2.05) is 0 Å². The van der Waals surface area contributed by atoms with Gasteiger partial charge < -0.3 is 4.90 Å². The van der Waals surface area contributed by atoms with Crippen molar-refractivity contribution in [2.24, 2.45) is 0 Å². The fourth-order valence-electron chi connectivity index (χ4n) is 2.14. The van der Waals surface area contributed by atoms with Crippen LogP contribution in [0.2, 0.25) is 0 Å². The summed E-state index contributed by atoms with van der Waals surface area (Å²) in [5.74, 6) is 0. The van der Waals surface area contributed by atoms with Gasteiger partial charge in [0, 0.05) is 22.7 Å². The average molecular weight is 318 g/mol. The Morgan fingerprint density at radius 3 is 2.32 bits per heavy atom. The molecule has 100 valence electrons. The minimum Gasteiger partial charge on any atom is -0.365 e. The number of aryl methyl sites for hydroxylation is 1. The first-order valence-corrected chi connectivity index (χ1v) is 7.43. The molecule has 2 rings (SSSR count). The summed E-state index contributed by atoms with van der Waals surface area (Å²) in [7, 11) is 0. The molecule has 0 bridgehead atoms. The van der Waals surface area contributed by atoms with Crippen molar-refractivity contribution in [2.45, 2.75) is 33.4 Å². The van der Waals surface area contributed by atoms with Crippen molar-refractivity contribution in [3.63, 3.8) is 0 Å². The van der Waals surface area contributed by atoms with Crippen molar-refractivity contribution < 1.29 is 0 Å². The van der Waals surface area contributed by atoms with Crippen LogP contribution in [0, 0.1) is 6.92 Å². The largest absolute Gasteiger partial charge is 0.365 e. The van der Waals surface area contributed by atoms with Crippen LogP contribution in [0.1, 0.15) is 25.0 Å². The molecule has 0 radical (unpaired) electrons. The van der Waals surface area contributed by atoms with Crippen molar-refractivity contribution in [3.8, 4) is 0 Å². The summed E-state index contributed by atoms with van der Waals surface area (Å²) < 4.78 is 1.14. The van der Waals surface area contributed by atoms with E-state index in [1.165, 1.54) is 16.8 Å². The predicted molar refractivity (Wildman–Crippen MR) is 86.6 cm³/mol. The zero-order chi connectivity index (χ0) is 13.8. The van der Waals surface area contributed by atoms with Crippen LogP contribution in [0.5, 0.6) is 0 Å². The van der Waals surface area contributed by atoms with Crippen molar-refractivity contribution in [2.75, 3.05) is 4.90 Å². The molecule has 0 spiro atoms. The molecule has 0 aromatic heterocycles. The second kappa shape index (κ2) is 6.25. The molecule has 0 amide bonds. The van der Waals surface area contributed by atoms with Gasteiger partial charge >= 0.3 is 0 Å². The molecule has 0 fully saturated rings. The van der Waals surface area contributed by atoms with Crippen molar-refractivity contribution >= 4 is 21.6 Å². The third-order valence-electron chi connectivity index (χ3n) is 3.23. The van der Waals surface area contributed by atoms with Crippen LogP contribution >= 0.6 is 15.9 Å². The molecule has 2 aromatic carbocycles. The monoisotopic (exact) mass is 317 g/mol. The summed E-state index contributed by atoms with van der Waals surface area (Å²) >= 11 is 3.54. The topological polar surface area (TPSA) is 3.24 Å². The highest BCUT2D eigenvalue weighted by Crippen LogP contribution is 2.22. The van der Waals surface area contributed by atoms with Gasteiger partial charge in [0.1, 0.15) is 0 Å². The van der Waals surface area contributed by atoms with Crippen LogP contribution in [0.4, 0.5) is 5.69 Å². The van der Waals surface area contributed by atoms with Gasteiger partial charge in [-0.1, -0.05) is 45.8 Å². The lowest BCUT2D eigenvalue weighted by Crippen LogP contribution is -2.30. The van der Waals surface area contributed by atoms with E-state index in [4.69, 9.17) is 0 Å². The van der Waals surface area contributed by atoms with Crippen LogP contribution < -0.4 is 4.90 Å². The molecule has 0 atom stereocenters. The molecule has 0 heterocycles. The lowest BCUT2D eigenvalue weighted by atomic mass is 10.1. The quantitative estimate of drug-likeness (QED) is 0.751. The first-order valence-electron chi connectivity index (χ1n) is 6.64. The molecule has 0 unspecified atom stereocenters. The number of benzene rings is 2. The van der Waals surface area contributed by atoms with E-state index in [-0.39, 0.29) is 0 Å². The highest BCUT2D eigenvalue weighted by molar-refractivity contribution is 9.10. The second-order valence-corrected chi connectivity index (χ2v) is 6.10. The third kappa shape index (κ3) is 3.84. The van der Waals surface area contributed by atoms with E-state index in [0.717, 1.165) is 11.0 Å². The summed E-state index contributed by atoms with van der Waals surface area (Å²) in [6.07, 6.45) is 0. The van der Waals surface area contributed by atoms with Gasteiger partial charge in [-0.2, -0.15) is 0 Å². The summed E-state index contributed by atoms with van der Waals surface area (Å²) in [5.41, 5.74) is 3.90. The normalized spacial score (nSPS) is 10.8. The van der Waals surface area contributed by atoms with Crippen LogP contribution in [0.25, 0.3) is 0 Å². The summed E-state index contributed by atoms with van der Waals surface area (Å²) in [5, 5.41) is 0. The van der Waals surface area contributed by atoms with Gasteiger partial charge in [-0.05, 0) is 50.6 Å². The van der Waals surface area contributed by atoms with E-state index in [0.29, 0.717) is 6.04 Å². The Labute approximate surface area is 124 Å². The van der Waals surface area contributed by atoms with E-state index >= 15 is 0 Å². The number of hydrogen-bond donors (Lipinski definition) is 0. The van der Waals surface area contributed by atoms with Gasteiger partial charge in [-0.25, -0.2) is 0 Å². The zero-order valence-corrected chi connectivity index (χ0v) is 13.3. The molecule has 2 aromatic rings. The number of anilines is 1. The van der Waals surface area contributed by atoms with Crippen LogP contribution in [-0.4, -0.2) is 6.04 Å². The first kappa shape index (κ1) is 14.1. The van der Waals surface area contributed by atoms with E-state index in [2.05, 4.69) is 90.1 Å². The number of halogens is 1. The Hall–Kier alpha value is -1.28. The van der Waals surface area contributed by atoms with Gasteiger partial charge in [0.05, 0.1) is 0 Å². The summed E-state index contributed by atoms with van der Waals surface area (Å²) in [6.45, 7) is 7.52. The van der Waals surface area contributed by atoms with Crippen LogP contribution in [0.15, 0.2) is 53.0 Å². The lowest BCUT2D eigenvalue weighted by Gasteiger charge is -2.29. The van der Waals surface area contributed by atoms with Gasteiger partial charge in [0.15, 0.2) is 0 Å². The number of nitrogens with zero attached hydrogens (tertiary/aromatic N) is 1. The van der Waals surface area contributed by atoms with Crippen LogP contribution in [0.3, 0.4) is 0 Å². The molecule has 0 N–H and O–H groups in total. The van der Waals surface area contributed by atoms with Crippen molar-refractivity contribution in [1.29, 1.82) is 0 Å². The predicted octanol–water partition coefficient (Wildman–Crippen LogP) is 5.17. The standard InChI is InChI=1S/C17H20BrN/c1-13(2)19(17-9-7-14(3)8-10-17)12-15-5-4-6-16(18)11-15/h4-11,13H,12H2,1-3H3. The van der Waals surface area contributed by atoms with E-state index < -0.39 is 0 Å². The molecule has 19 heavy (non-hydrogen) atoms. The van der Waals surface area contributed by atoms with Gasteiger partial charge in [-0.3, -0.25) is 0 Å². The Kier molecular flexibility index (Phi) is 4.65.